The third-order valence-corrected chi connectivity index (χ3v) is 5.88. The Morgan fingerprint density at radius 2 is 0.794 bits per heavy atom. The normalized spacial score (nSPS) is 12.9. The second-order valence-electron chi connectivity index (χ2n) is 13.2. The number of carbonyl (C=O) groups is 2. The van der Waals surface area contributed by atoms with E-state index < -0.39 is 11.9 Å². The van der Waals surface area contributed by atoms with Gasteiger partial charge < -0.3 is 0 Å². The van der Waals surface area contributed by atoms with Crippen molar-refractivity contribution >= 4 is 11.9 Å². The van der Waals surface area contributed by atoms with Crippen molar-refractivity contribution in [3.8, 4) is 0 Å². The van der Waals surface area contributed by atoms with Gasteiger partial charge in [0.05, 0.1) is 11.1 Å². The van der Waals surface area contributed by atoms with Gasteiger partial charge in [0, 0.05) is 0 Å². The summed E-state index contributed by atoms with van der Waals surface area (Å²) in [6, 6.07) is 11.2. The van der Waals surface area contributed by atoms with Crippen molar-refractivity contribution in [1.82, 2.24) is 0 Å². The number of benzene rings is 2. The van der Waals surface area contributed by atoms with Crippen molar-refractivity contribution in [3.05, 3.63) is 69.8 Å². The fourth-order valence-corrected chi connectivity index (χ4v) is 4.48. The van der Waals surface area contributed by atoms with Crippen LogP contribution in [0.25, 0.3) is 0 Å². The Kier molecular flexibility index (Phi) is 7.48. The molecule has 0 fully saturated rings. The van der Waals surface area contributed by atoms with Crippen LogP contribution in [0.5, 0.6) is 0 Å². The lowest BCUT2D eigenvalue weighted by molar-refractivity contribution is -0.187. The topological polar surface area (TPSA) is 52.6 Å². The van der Waals surface area contributed by atoms with Gasteiger partial charge in [-0.2, -0.15) is 0 Å². The van der Waals surface area contributed by atoms with Crippen LogP contribution >= 0.6 is 0 Å². The summed E-state index contributed by atoms with van der Waals surface area (Å²) in [4.78, 5) is 36.6. The molecule has 186 valence electrons. The van der Waals surface area contributed by atoms with Gasteiger partial charge in [0.15, 0.2) is 0 Å². The zero-order valence-electron chi connectivity index (χ0n) is 23.1. The molecule has 0 heterocycles. The van der Waals surface area contributed by atoms with Crippen LogP contribution in [0.3, 0.4) is 0 Å². The smallest absolute Gasteiger partial charge is 0.241 e. The van der Waals surface area contributed by atoms with E-state index in [4.69, 9.17) is 9.78 Å². The Hall–Kier alpha value is -2.62. The predicted octanol–water partition coefficient (Wildman–Crippen LogP) is 7.81. The first-order valence-electron chi connectivity index (χ1n) is 12.0. The Morgan fingerprint density at radius 1 is 0.500 bits per heavy atom. The van der Waals surface area contributed by atoms with Crippen LogP contribution in [0.2, 0.25) is 0 Å². The Morgan fingerprint density at radius 3 is 1.03 bits per heavy atom. The predicted molar refractivity (Wildman–Crippen MR) is 139 cm³/mol. The molecule has 0 saturated heterocycles. The minimum Gasteiger partial charge on any atom is -0.241 e. The molecule has 0 amide bonds. The fraction of sp³-hybridized carbons (Fsp3) is 0.533. The van der Waals surface area contributed by atoms with E-state index in [-0.39, 0.29) is 21.7 Å². The summed E-state index contributed by atoms with van der Waals surface area (Å²) in [7, 11) is 0. The average molecular weight is 467 g/mol. The molecule has 4 heteroatoms. The van der Waals surface area contributed by atoms with Gasteiger partial charge in [-0.1, -0.05) is 107 Å². The van der Waals surface area contributed by atoms with E-state index in [1.807, 2.05) is 24.3 Å². The summed E-state index contributed by atoms with van der Waals surface area (Å²) >= 11 is 0. The standard InChI is InChI=1S/C30H42O4/c1-27(2,3)21-17-13-15-19(23(21)29(7,8)9)25(31)33-34-26(32)20-16-14-18-22(28(4,5)6)24(20)30(10,11)12/h13-18H,1-12H3. The van der Waals surface area contributed by atoms with Crippen LogP contribution in [-0.2, 0) is 31.4 Å². The summed E-state index contributed by atoms with van der Waals surface area (Å²) in [5.74, 6) is -1.35. The number of hydrogen-bond acceptors (Lipinski definition) is 4. The molecule has 0 radical (unpaired) electrons. The van der Waals surface area contributed by atoms with E-state index in [1.165, 1.54) is 0 Å². The molecule has 34 heavy (non-hydrogen) atoms. The van der Waals surface area contributed by atoms with Gasteiger partial charge >= 0.3 is 11.9 Å². The SMILES string of the molecule is CC(C)(C)c1cccc(C(=O)OOC(=O)c2cccc(C(C)(C)C)c2C(C)(C)C)c1C(C)(C)C. The van der Waals surface area contributed by atoms with Crippen LogP contribution in [0.1, 0.15) is 126 Å². The van der Waals surface area contributed by atoms with Crippen molar-refractivity contribution in [1.29, 1.82) is 0 Å². The maximum Gasteiger partial charge on any atom is 0.386 e. The summed E-state index contributed by atoms with van der Waals surface area (Å²) < 4.78 is 0. The molecule has 0 aromatic heterocycles. The molecule has 2 aromatic rings. The van der Waals surface area contributed by atoms with Crippen molar-refractivity contribution in [2.24, 2.45) is 0 Å². The van der Waals surface area contributed by atoms with Gasteiger partial charge in [-0.3, -0.25) is 0 Å². The first-order valence-corrected chi connectivity index (χ1v) is 12.0. The van der Waals surface area contributed by atoms with E-state index >= 15 is 0 Å². The molecular weight excluding hydrogens is 424 g/mol. The number of rotatable bonds is 2. The maximum absolute atomic E-state index is 13.1. The number of carbonyl (C=O) groups excluding carboxylic acids is 2. The molecule has 0 aliphatic rings. The van der Waals surface area contributed by atoms with Crippen molar-refractivity contribution < 1.29 is 19.4 Å². The van der Waals surface area contributed by atoms with E-state index in [9.17, 15) is 9.59 Å². The molecule has 0 saturated carbocycles. The fourth-order valence-electron chi connectivity index (χ4n) is 4.48. The van der Waals surface area contributed by atoms with Crippen LogP contribution in [0.15, 0.2) is 36.4 Å². The zero-order valence-corrected chi connectivity index (χ0v) is 23.1. The summed E-state index contributed by atoms with van der Waals surface area (Å²) in [5.41, 5.74) is 3.81. The molecule has 4 nitrogen and oxygen atoms in total. The largest absolute Gasteiger partial charge is 0.386 e. The monoisotopic (exact) mass is 466 g/mol. The Balaban J connectivity index is 2.44. The van der Waals surface area contributed by atoms with Gasteiger partial charge in [0.2, 0.25) is 0 Å². The molecule has 0 spiro atoms. The molecule has 0 aliphatic heterocycles. The average Bonchev–Trinajstić information content (AvgIpc) is 2.68. The van der Waals surface area contributed by atoms with E-state index in [0.717, 1.165) is 22.3 Å². The van der Waals surface area contributed by atoms with Gasteiger partial charge in [-0.25, -0.2) is 19.4 Å². The second-order valence-corrected chi connectivity index (χ2v) is 13.2. The highest BCUT2D eigenvalue weighted by molar-refractivity contribution is 5.95. The Bertz CT molecular complexity index is 977. The second kappa shape index (κ2) is 9.20. The van der Waals surface area contributed by atoms with Crippen LogP contribution in [0, 0.1) is 0 Å². The summed E-state index contributed by atoms with van der Waals surface area (Å²) in [5, 5.41) is 0. The highest BCUT2D eigenvalue weighted by atomic mass is 17.2. The minimum absolute atomic E-state index is 0.162. The number of hydrogen-bond donors (Lipinski definition) is 0. The van der Waals surface area contributed by atoms with Crippen molar-refractivity contribution in [2.75, 3.05) is 0 Å². The quantitative estimate of drug-likeness (QED) is 0.334. The molecule has 2 rings (SSSR count). The molecule has 2 aromatic carbocycles. The van der Waals surface area contributed by atoms with Gasteiger partial charge in [0.25, 0.3) is 0 Å². The molecule has 0 unspecified atom stereocenters. The molecule has 0 aliphatic carbocycles. The summed E-state index contributed by atoms with van der Waals surface area (Å²) in [6.07, 6.45) is 0. The lowest BCUT2D eigenvalue weighted by atomic mass is 9.73. The van der Waals surface area contributed by atoms with Crippen LogP contribution < -0.4 is 0 Å². The van der Waals surface area contributed by atoms with Crippen molar-refractivity contribution in [2.45, 2.75) is 105 Å². The van der Waals surface area contributed by atoms with Crippen molar-refractivity contribution in [3.63, 3.8) is 0 Å². The highest BCUT2D eigenvalue weighted by Gasteiger charge is 2.33. The lowest BCUT2D eigenvalue weighted by Gasteiger charge is -2.32. The van der Waals surface area contributed by atoms with Crippen LogP contribution in [-0.4, -0.2) is 11.9 Å². The molecule has 0 N–H and O–H groups in total. The van der Waals surface area contributed by atoms with Gasteiger partial charge in [-0.15, -0.1) is 0 Å². The lowest BCUT2D eigenvalue weighted by Crippen LogP contribution is -2.27. The van der Waals surface area contributed by atoms with Gasteiger partial charge in [-0.05, 0) is 56.0 Å². The van der Waals surface area contributed by atoms with Crippen LogP contribution in [0.4, 0.5) is 0 Å². The first-order chi connectivity index (χ1) is 15.3. The third-order valence-electron chi connectivity index (χ3n) is 5.88. The van der Waals surface area contributed by atoms with E-state index in [1.54, 1.807) is 12.1 Å². The minimum atomic E-state index is -0.673. The molecule has 0 bridgehead atoms. The molecule has 0 atom stereocenters. The summed E-state index contributed by atoms with van der Waals surface area (Å²) in [6.45, 7) is 25.1. The van der Waals surface area contributed by atoms with E-state index in [2.05, 4.69) is 83.1 Å². The van der Waals surface area contributed by atoms with E-state index in [0.29, 0.717) is 11.1 Å². The Labute approximate surface area is 206 Å². The highest BCUT2D eigenvalue weighted by Crippen LogP contribution is 2.38. The molecular formula is C30H42O4. The van der Waals surface area contributed by atoms with Gasteiger partial charge in [0.1, 0.15) is 0 Å². The zero-order chi connectivity index (χ0) is 26.3. The maximum atomic E-state index is 13.1. The first kappa shape index (κ1) is 27.6. The third kappa shape index (κ3) is 6.08.